The maximum atomic E-state index is 12.3. The number of sulfonamides is 1. The highest BCUT2D eigenvalue weighted by atomic mass is 79.9. The Hall–Kier alpha value is -1.09. The van der Waals surface area contributed by atoms with E-state index < -0.39 is 10.0 Å². The molecule has 3 N–H and O–H groups in total. The average Bonchev–Trinajstić information content (AvgIpc) is 2.82. The molecular formula is C12H13BrN2O3S2. The largest absolute Gasteiger partial charge is 0.495 e. The van der Waals surface area contributed by atoms with Crippen LogP contribution in [0.4, 0.5) is 5.69 Å². The lowest BCUT2D eigenvalue weighted by Gasteiger charge is -2.10. The van der Waals surface area contributed by atoms with Crippen LogP contribution in [0.1, 0.15) is 4.88 Å². The van der Waals surface area contributed by atoms with Gasteiger partial charge < -0.3 is 10.5 Å². The molecule has 0 fully saturated rings. The number of nitrogens with one attached hydrogen (secondary N) is 1. The molecule has 0 atom stereocenters. The van der Waals surface area contributed by atoms with Crippen LogP contribution in [-0.2, 0) is 16.6 Å². The maximum Gasteiger partial charge on any atom is 0.244 e. The van der Waals surface area contributed by atoms with Gasteiger partial charge in [-0.15, -0.1) is 11.3 Å². The number of nitrogen functional groups attached to an aromatic ring is 1. The summed E-state index contributed by atoms with van der Waals surface area (Å²) in [5, 5.41) is 1.90. The number of halogens is 1. The van der Waals surface area contributed by atoms with Gasteiger partial charge in [-0.3, -0.25) is 0 Å². The zero-order valence-corrected chi connectivity index (χ0v) is 13.8. The minimum absolute atomic E-state index is 0.0739. The molecule has 0 aliphatic heterocycles. The van der Waals surface area contributed by atoms with Crippen molar-refractivity contribution >= 4 is 43.0 Å². The molecule has 0 bridgehead atoms. The minimum atomic E-state index is -3.65. The van der Waals surface area contributed by atoms with Crippen molar-refractivity contribution in [1.29, 1.82) is 0 Å². The van der Waals surface area contributed by atoms with E-state index in [1.165, 1.54) is 36.6 Å². The molecule has 0 radical (unpaired) electrons. The zero-order chi connectivity index (χ0) is 14.8. The molecule has 2 rings (SSSR count). The van der Waals surface area contributed by atoms with Crippen molar-refractivity contribution in [2.24, 2.45) is 0 Å². The molecule has 108 valence electrons. The number of thiophene rings is 1. The van der Waals surface area contributed by atoms with Crippen molar-refractivity contribution in [3.05, 3.63) is 39.0 Å². The monoisotopic (exact) mass is 376 g/mol. The molecule has 20 heavy (non-hydrogen) atoms. The Labute approximate surface area is 129 Å². The first-order valence-corrected chi connectivity index (χ1v) is 8.74. The third-order valence-electron chi connectivity index (χ3n) is 2.54. The molecule has 0 unspecified atom stereocenters. The van der Waals surface area contributed by atoms with Crippen LogP contribution in [-0.4, -0.2) is 15.5 Å². The van der Waals surface area contributed by atoms with Crippen molar-refractivity contribution in [3.8, 4) is 5.75 Å². The van der Waals surface area contributed by atoms with Gasteiger partial charge in [0, 0.05) is 33.0 Å². The van der Waals surface area contributed by atoms with Gasteiger partial charge >= 0.3 is 0 Å². The topological polar surface area (TPSA) is 81.4 Å². The van der Waals surface area contributed by atoms with Gasteiger partial charge in [0.1, 0.15) is 10.6 Å². The van der Waals surface area contributed by atoms with E-state index >= 15 is 0 Å². The maximum absolute atomic E-state index is 12.3. The van der Waals surface area contributed by atoms with Crippen LogP contribution >= 0.6 is 27.3 Å². The highest BCUT2D eigenvalue weighted by Crippen LogP contribution is 2.26. The van der Waals surface area contributed by atoms with Crippen LogP contribution < -0.4 is 15.2 Å². The smallest absolute Gasteiger partial charge is 0.244 e. The summed E-state index contributed by atoms with van der Waals surface area (Å²) in [6.45, 7) is 0.228. The van der Waals surface area contributed by atoms with Crippen LogP contribution in [0.15, 0.2) is 39.0 Å². The Morgan fingerprint density at radius 2 is 2.15 bits per heavy atom. The fraction of sp³-hybridized carbons (Fsp3) is 0.167. The fourth-order valence-corrected chi connectivity index (χ4v) is 4.23. The molecule has 5 nitrogen and oxygen atoms in total. The van der Waals surface area contributed by atoms with Gasteiger partial charge in [0.15, 0.2) is 0 Å². The van der Waals surface area contributed by atoms with Crippen molar-refractivity contribution in [3.63, 3.8) is 0 Å². The minimum Gasteiger partial charge on any atom is -0.495 e. The standard InChI is InChI=1S/C12H13BrN2O3S2/c1-18-11-5-9(14)2-3-12(11)20(16,17)15-6-10-4-8(13)7-19-10/h2-5,7,15H,6,14H2,1H3. The highest BCUT2D eigenvalue weighted by molar-refractivity contribution is 9.10. The Bertz CT molecular complexity index is 713. The summed E-state index contributed by atoms with van der Waals surface area (Å²) in [6.07, 6.45) is 0. The van der Waals surface area contributed by atoms with Gasteiger partial charge in [0.2, 0.25) is 10.0 Å². The third kappa shape index (κ3) is 3.51. The van der Waals surface area contributed by atoms with Gasteiger partial charge in [-0.2, -0.15) is 0 Å². The summed E-state index contributed by atoms with van der Waals surface area (Å²) >= 11 is 4.80. The van der Waals surface area contributed by atoms with E-state index in [1.807, 2.05) is 11.4 Å². The SMILES string of the molecule is COc1cc(N)ccc1S(=O)(=O)NCc1cc(Br)cs1. The molecule has 1 aromatic carbocycles. The van der Waals surface area contributed by atoms with Crippen LogP contribution in [0.5, 0.6) is 5.75 Å². The van der Waals surface area contributed by atoms with Crippen molar-refractivity contribution in [2.45, 2.75) is 11.4 Å². The first kappa shape index (κ1) is 15.3. The molecule has 0 amide bonds. The van der Waals surface area contributed by atoms with Gasteiger partial charge in [0.25, 0.3) is 0 Å². The van der Waals surface area contributed by atoms with E-state index in [1.54, 1.807) is 0 Å². The third-order valence-corrected chi connectivity index (χ3v) is 5.67. The Kier molecular flexibility index (Phi) is 4.69. The van der Waals surface area contributed by atoms with Crippen LogP contribution in [0.3, 0.4) is 0 Å². The van der Waals surface area contributed by atoms with E-state index in [2.05, 4.69) is 20.7 Å². The summed E-state index contributed by atoms with van der Waals surface area (Å²) in [5.74, 6) is 0.227. The van der Waals surface area contributed by atoms with E-state index in [-0.39, 0.29) is 17.2 Å². The number of ether oxygens (including phenoxy) is 1. The van der Waals surface area contributed by atoms with Crippen LogP contribution in [0.2, 0.25) is 0 Å². The molecule has 1 heterocycles. The van der Waals surface area contributed by atoms with E-state index in [0.717, 1.165) is 9.35 Å². The van der Waals surface area contributed by atoms with Gasteiger partial charge in [-0.25, -0.2) is 13.1 Å². The summed E-state index contributed by atoms with van der Waals surface area (Å²) in [7, 11) is -2.24. The second kappa shape index (κ2) is 6.13. The Morgan fingerprint density at radius 3 is 2.75 bits per heavy atom. The predicted molar refractivity (Wildman–Crippen MR) is 83.5 cm³/mol. The van der Waals surface area contributed by atoms with Crippen molar-refractivity contribution < 1.29 is 13.2 Å². The molecule has 0 aliphatic carbocycles. The fourth-order valence-electron chi connectivity index (χ4n) is 1.60. The van der Waals surface area contributed by atoms with Crippen LogP contribution in [0, 0.1) is 0 Å². The quantitative estimate of drug-likeness (QED) is 0.785. The molecule has 0 saturated carbocycles. The molecule has 8 heteroatoms. The van der Waals surface area contributed by atoms with E-state index in [0.29, 0.717) is 5.69 Å². The number of hydrogen-bond donors (Lipinski definition) is 2. The van der Waals surface area contributed by atoms with Crippen LogP contribution in [0.25, 0.3) is 0 Å². The lowest BCUT2D eigenvalue weighted by atomic mass is 10.3. The molecule has 0 saturated heterocycles. The summed E-state index contributed by atoms with van der Waals surface area (Å²) in [4.78, 5) is 0.986. The second-order valence-corrected chi connectivity index (χ2v) is 7.61. The summed E-state index contributed by atoms with van der Waals surface area (Å²) in [6, 6.07) is 6.31. The Morgan fingerprint density at radius 1 is 1.40 bits per heavy atom. The number of anilines is 1. The normalized spacial score (nSPS) is 11.5. The zero-order valence-electron chi connectivity index (χ0n) is 10.6. The lowest BCUT2D eigenvalue weighted by Crippen LogP contribution is -2.23. The molecule has 0 spiro atoms. The highest BCUT2D eigenvalue weighted by Gasteiger charge is 2.19. The number of nitrogens with two attached hydrogens (primary N) is 1. The number of methoxy groups -OCH3 is 1. The number of rotatable bonds is 5. The second-order valence-electron chi connectivity index (χ2n) is 3.97. The van der Waals surface area contributed by atoms with Crippen molar-refractivity contribution in [1.82, 2.24) is 4.72 Å². The average molecular weight is 377 g/mol. The summed E-state index contributed by atoms with van der Waals surface area (Å²) in [5.41, 5.74) is 6.06. The molecule has 0 aliphatic rings. The Balaban J connectivity index is 2.22. The molecule has 1 aromatic heterocycles. The predicted octanol–water partition coefficient (Wildman–Crippen LogP) is 2.58. The molecular weight excluding hydrogens is 364 g/mol. The number of hydrogen-bond acceptors (Lipinski definition) is 5. The molecule has 2 aromatic rings. The van der Waals surface area contributed by atoms with Gasteiger partial charge in [-0.1, -0.05) is 0 Å². The summed E-state index contributed by atoms with van der Waals surface area (Å²) < 4.78 is 33.1. The lowest BCUT2D eigenvalue weighted by molar-refractivity contribution is 0.402. The number of benzene rings is 1. The first-order chi connectivity index (χ1) is 9.42. The first-order valence-electron chi connectivity index (χ1n) is 5.58. The van der Waals surface area contributed by atoms with Gasteiger partial charge in [-0.05, 0) is 34.1 Å². The van der Waals surface area contributed by atoms with E-state index in [9.17, 15) is 8.42 Å². The van der Waals surface area contributed by atoms with Crippen molar-refractivity contribution in [2.75, 3.05) is 12.8 Å². The van der Waals surface area contributed by atoms with E-state index in [4.69, 9.17) is 10.5 Å². The van der Waals surface area contributed by atoms with Gasteiger partial charge in [0.05, 0.1) is 7.11 Å².